The second-order valence-corrected chi connectivity index (χ2v) is 3.45. The van der Waals surface area contributed by atoms with Gasteiger partial charge in [-0.25, -0.2) is 4.79 Å². The van der Waals surface area contributed by atoms with Gasteiger partial charge in [-0.05, 0) is 24.1 Å². The van der Waals surface area contributed by atoms with E-state index >= 15 is 0 Å². The molecule has 0 bridgehead atoms. The smallest absolute Gasteiger partial charge is 0.406 e. The van der Waals surface area contributed by atoms with Crippen molar-refractivity contribution >= 4 is 6.03 Å². The number of carbonyl (C=O) groups is 1. The number of hydrogen-bond acceptors (Lipinski definition) is 2. The van der Waals surface area contributed by atoms with E-state index in [0.717, 1.165) is 0 Å². The Hall–Kier alpha value is -1.92. The van der Waals surface area contributed by atoms with Crippen LogP contribution in [-0.2, 0) is 6.42 Å². The molecule has 0 heterocycles. The standard InChI is InChI=1S/C11H13F3N2O2/c1-15-10(17)16-6-5-8-3-2-4-9(7-8)18-11(12,13)14/h2-4,7H,5-6H2,1H3,(H2,15,16,17). The second-order valence-electron chi connectivity index (χ2n) is 3.45. The van der Waals surface area contributed by atoms with Crippen LogP contribution in [0.15, 0.2) is 24.3 Å². The molecule has 7 heteroatoms. The molecule has 0 saturated carbocycles. The van der Waals surface area contributed by atoms with Crippen LogP contribution in [0.25, 0.3) is 0 Å². The van der Waals surface area contributed by atoms with Crippen molar-refractivity contribution in [3.05, 3.63) is 29.8 Å². The van der Waals surface area contributed by atoms with Gasteiger partial charge in [0.1, 0.15) is 5.75 Å². The molecule has 0 spiro atoms. The number of ether oxygens (including phenoxy) is 1. The van der Waals surface area contributed by atoms with Crippen molar-refractivity contribution < 1.29 is 22.7 Å². The summed E-state index contributed by atoms with van der Waals surface area (Å²) in [4.78, 5) is 10.9. The van der Waals surface area contributed by atoms with E-state index in [1.807, 2.05) is 0 Å². The lowest BCUT2D eigenvalue weighted by atomic mass is 10.1. The Bertz CT molecular complexity index is 408. The molecule has 1 aromatic carbocycles. The lowest BCUT2D eigenvalue weighted by Gasteiger charge is -2.10. The topological polar surface area (TPSA) is 50.4 Å². The van der Waals surface area contributed by atoms with Gasteiger partial charge in [0.25, 0.3) is 0 Å². The SMILES string of the molecule is CNC(=O)NCCc1cccc(OC(F)(F)F)c1. The zero-order valence-corrected chi connectivity index (χ0v) is 9.67. The minimum absolute atomic E-state index is 0.264. The normalized spacial score (nSPS) is 10.9. The van der Waals surface area contributed by atoms with E-state index in [-0.39, 0.29) is 11.8 Å². The summed E-state index contributed by atoms with van der Waals surface area (Å²) in [6.45, 7) is 0.329. The molecule has 2 amide bonds. The maximum Gasteiger partial charge on any atom is 0.573 e. The minimum atomic E-state index is -4.70. The Morgan fingerprint density at radius 1 is 1.39 bits per heavy atom. The van der Waals surface area contributed by atoms with Crippen LogP contribution in [0.4, 0.5) is 18.0 Å². The molecule has 0 aliphatic carbocycles. The van der Waals surface area contributed by atoms with Gasteiger partial charge < -0.3 is 15.4 Å². The Labute approximate surface area is 102 Å². The average Bonchev–Trinajstić information content (AvgIpc) is 2.27. The van der Waals surface area contributed by atoms with Gasteiger partial charge in [-0.1, -0.05) is 12.1 Å². The van der Waals surface area contributed by atoms with Crippen molar-refractivity contribution in [3.63, 3.8) is 0 Å². The Balaban J connectivity index is 2.52. The summed E-state index contributed by atoms with van der Waals surface area (Å²) in [7, 11) is 1.48. The van der Waals surface area contributed by atoms with Crippen LogP contribution in [0.1, 0.15) is 5.56 Å². The number of halogens is 3. The molecular formula is C11H13F3N2O2. The Morgan fingerprint density at radius 2 is 2.11 bits per heavy atom. The van der Waals surface area contributed by atoms with Crippen LogP contribution < -0.4 is 15.4 Å². The summed E-state index contributed by atoms with van der Waals surface area (Å²) in [5.74, 6) is -0.264. The highest BCUT2D eigenvalue weighted by Crippen LogP contribution is 2.23. The van der Waals surface area contributed by atoms with Gasteiger partial charge in [-0.2, -0.15) is 0 Å². The third kappa shape index (κ3) is 5.42. The van der Waals surface area contributed by atoms with E-state index in [2.05, 4.69) is 15.4 Å². The van der Waals surface area contributed by atoms with Gasteiger partial charge in [0, 0.05) is 13.6 Å². The van der Waals surface area contributed by atoms with Crippen molar-refractivity contribution in [1.82, 2.24) is 10.6 Å². The molecule has 0 fully saturated rings. The fraction of sp³-hybridized carbons (Fsp3) is 0.364. The molecule has 1 rings (SSSR count). The highest BCUT2D eigenvalue weighted by atomic mass is 19.4. The zero-order valence-electron chi connectivity index (χ0n) is 9.67. The number of carbonyl (C=O) groups excluding carboxylic acids is 1. The summed E-state index contributed by atoms with van der Waals surface area (Å²) in [5.41, 5.74) is 0.646. The summed E-state index contributed by atoms with van der Waals surface area (Å²) in [5, 5.41) is 4.91. The second kappa shape index (κ2) is 6.13. The predicted octanol–water partition coefficient (Wildman–Crippen LogP) is 2.06. The number of amides is 2. The van der Waals surface area contributed by atoms with E-state index in [9.17, 15) is 18.0 Å². The van der Waals surface area contributed by atoms with Crippen molar-refractivity contribution in [2.75, 3.05) is 13.6 Å². The number of hydrogen-bond donors (Lipinski definition) is 2. The predicted molar refractivity (Wildman–Crippen MR) is 59.3 cm³/mol. The van der Waals surface area contributed by atoms with Gasteiger partial charge >= 0.3 is 12.4 Å². The van der Waals surface area contributed by atoms with Crippen molar-refractivity contribution in [2.24, 2.45) is 0 Å². The first-order valence-corrected chi connectivity index (χ1v) is 5.21. The van der Waals surface area contributed by atoms with Gasteiger partial charge in [0.05, 0.1) is 0 Å². The number of alkyl halides is 3. The Kier molecular flexibility index (Phi) is 4.82. The monoisotopic (exact) mass is 262 g/mol. The van der Waals surface area contributed by atoms with Gasteiger partial charge in [-0.3, -0.25) is 0 Å². The van der Waals surface area contributed by atoms with Gasteiger partial charge in [0.2, 0.25) is 0 Å². The first kappa shape index (κ1) is 14.1. The van der Waals surface area contributed by atoms with E-state index in [0.29, 0.717) is 18.5 Å². The highest BCUT2D eigenvalue weighted by Gasteiger charge is 2.31. The summed E-state index contributed by atoms with van der Waals surface area (Å²) in [6.07, 6.45) is -4.28. The number of rotatable bonds is 4. The van der Waals surface area contributed by atoms with Gasteiger partial charge in [0.15, 0.2) is 0 Å². The third-order valence-electron chi connectivity index (χ3n) is 2.06. The lowest BCUT2D eigenvalue weighted by molar-refractivity contribution is -0.274. The molecule has 4 nitrogen and oxygen atoms in total. The van der Waals surface area contributed by atoms with Crippen LogP contribution in [0.2, 0.25) is 0 Å². The number of nitrogens with one attached hydrogen (secondary N) is 2. The summed E-state index contributed by atoms with van der Waals surface area (Å²) >= 11 is 0. The van der Waals surface area contributed by atoms with Gasteiger partial charge in [-0.15, -0.1) is 13.2 Å². The first-order chi connectivity index (χ1) is 8.40. The van der Waals surface area contributed by atoms with Crippen molar-refractivity contribution in [2.45, 2.75) is 12.8 Å². The molecule has 0 unspecified atom stereocenters. The van der Waals surface area contributed by atoms with Crippen LogP contribution >= 0.6 is 0 Å². The Morgan fingerprint density at radius 3 is 2.72 bits per heavy atom. The number of benzene rings is 1. The third-order valence-corrected chi connectivity index (χ3v) is 2.06. The van der Waals surface area contributed by atoms with Crippen LogP contribution in [0.3, 0.4) is 0 Å². The summed E-state index contributed by atoms with van der Waals surface area (Å²) in [6, 6.07) is 5.31. The lowest BCUT2D eigenvalue weighted by Crippen LogP contribution is -2.33. The van der Waals surface area contributed by atoms with Crippen molar-refractivity contribution in [1.29, 1.82) is 0 Å². The molecule has 0 aliphatic rings. The van der Waals surface area contributed by atoms with E-state index in [1.165, 1.54) is 25.2 Å². The van der Waals surface area contributed by atoms with Crippen LogP contribution in [0, 0.1) is 0 Å². The molecule has 18 heavy (non-hydrogen) atoms. The molecule has 0 radical (unpaired) electrons. The highest BCUT2D eigenvalue weighted by molar-refractivity contribution is 5.73. The molecule has 2 N–H and O–H groups in total. The minimum Gasteiger partial charge on any atom is -0.406 e. The van der Waals surface area contributed by atoms with E-state index in [4.69, 9.17) is 0 Å². The maximum absolute atomic E-state index is 12.0. The van der Waals surface area contributed by atoms with Crippen molar-refractivity contribution in [3.8, 4) is 5.75 Å². The summed E-state index contributed by atoms with van der Waals surface area (Å²) < 4.78 is 39.8. The fourth-order valence-corrected chi connectivity index (χ4v) is 1.31. The fourth-order valence-electron chi connectivity index (χ4n) is 1.31. The average molecular weight is 262 g/mol. The van der Waals surface area contributed by atoms with E-state index < -0.39 is 6.36 Å². The molecule has 0 atom stereocenters. The number of urea groups is 1. The van der Waals surface area contributed by atoms with Crippen LogP contribution in [0.5, 0.6) is 5.75 Å². The molecule has 100 valence electrons. The largest absolute Gasteiger partial charge is 0.573 e. The molecular weight excluding hydrogens is 249 g/mol. The zero-order chi connectivity index (χ0) is 13.6. The maximum atomic E-state index is 12.0. The molecule has 0 aromatic heterocycles. The quantitative estimate of drug-likeness (QED) is 0.872. The first-order valence-electron chi connectivity index (χ1n) is 5.21. The van der Waals surface area contributed by atoms with E-state index in [1.54, 1.807) is 6.07 Å². The molecule has 0 saturated heterocycles. The molecule has 1 aromatic rings. The van der Waals surface area contributed by atoms with Crippen LogP contribution in [-0.4, -0.2) is 26.0 Å². The molecule has 0 aliphatic heterocycles.